The summed E-state index contributed by atoms with van der Waals surface area (Å²) in [6, 6.07) is 0. The minimum absolute atomic E-state index is 0.0308. The van der Waals surface area contributed by atoms with Crippen LogP contribution in [0.5, 0.6) is 0 Å². The molecule has 0 heterocycles. The monoisotopic (exact) mass is 243 g/mol. The Labute approximate surface area is 107 Å². The molecule has 3 heteroatoms. The topological polar surface area (TPSA) is 29.5 Å². The van der Waals surface area contributed by atoms with E-state index >= 15 is 0 Å². The summed E-state index contributed by atoms with van der Waals surface area (Å²) in [6.07, 6.45) is 1.55. The molecule has 0 amide bonds. The molecule has 0 aliphatic rings. The van der Waals surface area contributed by atoms with Crippen molar-refractivity contribution in [3.8, 4) is 0 Å². The molecule has 0 saturated heterocycles. The average molecular weight is 243 g/mol. The zero-order valence-electron chi connectivity index (χ0n) is 12.6. The summed E-state index contributed by atoms with van der Waals surface area (Å²) in [6.45, 7) is 12.1. The molecule has 0 aromatic rings. The van der Waals surface area contributed by atoms with Crippen molar-refractivity contribution >= 4 is 5.97 Å². The predicted molar refractivity (Wildman–Crippen MR) is 72.0 cm³/mol. The van der Waals surface area contributed by atoms with Crippen molar-refractivity contribution in [2.45, 2.75) is 47.5 Å². The average Bonchev–Trinajstić information content (AvgIpc) is 2.15. The molecule has 0 radical (unpaired) electrons. The highest BCUT2D eigenvalue weighted by Crippen LogP contribution is 2.43. The molecule has 0 fully saturated rings. The van der Waals surface area contributed by atoms with E-state index in [1.165, 1.54) is 0 Å². The van der Waals surface area contributed by atoms with Crippen molar-refractivity contribution in [2.75, 3.05) is 27.2 Å². The molecule has 0 spiro atoms. The Bertz CT molecular complexity index is 245. The maximum Gasteiger partial charge on any atom is 0.306 e. The summed E-state index contributed by atoms with van der Waals surface area (Å²) in [5.41, 5.74) is 0.116. The number of esters is 1. The second-order valence-corrected chi connectivity index (χ2v) is 6.32. The van der Waals surface area contributed by atoms with Gasteiger partial charge in [0.15, 0.2) is 0 Å². The van der Waals surface area contributed by atoms with Crippen LogP contribution in [0.2, 0.25) is 0 Å². The zero-order chi connectivity index (χ0) is 13.7. The number of carbonyl (C=O) groups is 1. The van der Waals surface area contributed by atoms with Crippen LogP contribution in [-0.4, -0.2) is 38.1 Å². The van der Waals surface area contributed by atoms with Crippen LogP contribution in [-0.2, 0) is 9.53 Å². The van der Waals surface area contributed by atoms with Crippen LogP contribution in [0.1, 0.15) is 47.5 Å². The van der Waals surface area contributed by atoms with Crippen molar-refractivity contribution in [1.82, 2.24) is 4.90 Å². The van der Waals surface area contributed by atoms with Crippen molar-refractivity contribution in [2.24, 2.45) is 10.8 Å². The molecule has 102 valence electrons. The summed E-state index contributed by atoms with van der Waals surface area (Å²) in [5, 5.41) is 0. The zero-order valence-corrected chi connectivity index (χ0v) is 12.6. The molecule has 0 bridgehead atoms. The Kier molecular flexibility index (Phi) is 6.17. The summed E-state index contributed by atoms with van der Waals surface area (Å²) in [5.74, 6) is -0.0848. The van der Waals surface area contributed by atoms with Gasteiger partial charge in [-0.05, 0) is 24.9 Å². The van der Waals surface area contributed by atoms with Crippen LogP contribution in [0.3, 0.4) is 0 Å². The van der Waals surface area contributed by atoms with E-state index in [0.29, 0.717) is 13.0 Å². The molecule has 0 aliphatic carbocycles. The SMILES string of the molecule is CCC(C)(C)C(C)(C)CC(=O)OCCN(C)C. The third kappa shape index (κ3) is 5.53. The first-order valence-corrected chi connectivity index (χ1v) is 6.43. The van der Waals surface area contributed by atoms with E-state index in [4.69, 9.17) is 4.74 Å². The molecule has 0 saturated carbocycles. The van der Waals surface area contributed by atoms with E-state index in [2.05, 4.69) is 34.6 Å². The van der Waals surface area contributed by atoms with Crippen LogP contribution in [0.25, 0.3) is 0 Å². The van der Waals surface area contributed by atoms with Crippen LogP contribution in [0, 0.1) is 10.8 Å². The number of ether oxygens (including phenoxy) is 1. The molecule has 0 aliphatic heterocycles. The third-order valence-electron chi connectivity index (χ3n) is 4.10. The van der Waals surface area contributed by atoms with E-state index in [9.17, 15) is 4.79 Å². The highest BCUT2D eigenvalue weighted by molar-refractivity contribution is 5.70. The van der Waals surface area contributed by atoms with Gasteiger partial charge in [0.25, 0.3) is 0 Å². The molecule has 3 nitrogen and oxygen atoms in total. The Hall–Kier alpha value is -0.570. The van der Waals surface area contributed by atoms with Crippen molar-refractivity contribution in [3.63, 3.8) is 0 Å². The fourth-order valence-electron chi connectivity index (χ4n) is 1.47. The Morgan fingerprint density at radius 1 is 1.12 bits per heavy atom. The van der Waals surface area contributed by atoms with Gasteiger partial charge in [0.05, 0.1) is 6.42 Å². The van der Waals surface area contributed by atoms with Gasteiger partial charge in [-0.1, -0.05) is 41.0 Å². The van der Waals surface area contributed by atoms with E-state index in [-0.39, 0.29) is 16.8 Å². The fraction of sp³-hybridized carbons (Fsp3) is 0.929. The third-order valence-corrected chi connectivity index (χ3v) is 4.10. The van der Waals surface area contributed by atoms with Gasteiger partial charge >= 0.3 is 5.97 Å². The van der Waals surface area contributed by atoms with Gasteiger partial charge in [-0.3, -0.25) is 4.79 Å². The number of hydrogen-bond acceptors (Lipinski definition) is 3. The lowest BCUT2D eigenvalue weighted by atomic mass is 9.65. The number of rotatable bonds is 7. The van der Waals surface area contributed by atoms with Crippen LogP contribution < -0.4 is 0 Å². The van der Waals surface area contributed by atoms with Crippen LogP contribution >= 0.6 is 0 Å². The highest BCUT2D eigenvalue weighted by atomic mass is 16.5. The largest absolute Gasteiger partial charge is 0.464 e. The van der Waals surface area contributed by atoms with Crippen molar-refractivity contribution in [1.29, 1.82) is 0 Å². The van der Waals surface area contributed by atoms with Gasteiger partial charge in [0, 0.05) is 6.54 Å². The lowest BCUT2D eigenvalue weighted by Gasteiger charge is -2.40. The van der Waals surface area contributed by atoms with Gasteiger partial charge in [-0.2, -0.15) is 0 Å². The van der Waals surface area contributed by atoms with Gasteiger partial charge in [0.1, 0.15) is 6.61 Å². The molecule has 0 aromatic heterocycles. The first-order valence-electron chi connectivity index (χ1n) is 6.43. The number of nitrogens with zero attached hydrogens (tertiary/aromatic N) is 1. The number of likely N-dealkylation sites (N-methyl/N-ethyl adjacent to an activating group) is 1. The molecular weight excluding hydrogens is 214 g/mol. The van der Waals surface area contributed by atoms with E-state index < -0.39 is 0 Å². The van der Waals surface area contributed by atoms with Crippen molar-refractivity contribution < 1.29 is 9.53 Å². The standard InChI is InChI=1S/C14H29NO2/c1-8-13(2,3)14(4,5)11-12(16)17-10-9-15(6)7/h8-11H2,1-7H3. The molecular formula is C14H29NO2. The lowest BCUT2D eigenvalue weighted by Crippen LogP contribution is -2.35. The van der Waals surface area contributed by atoms with E-state index in [1.54, 1.807) is 0 Å². The van der Waals surface area contributed by atoms with Crippen molar-refractivity contribution in [3.05, 3.63) is 0 Å². The van der Waals surface area contributed by atoms with Crippen LogP contribution in [0.15, 0.2) is 0 Å². The quantitative estimate of drug-likeness (QED) is 0.644. The van der Waals surface area contributed by atoms with Gasteiger partial charge < -0.3 is 9.64 Å². The second-order valence-electron chi connectivity index (χ2n) is 6.32. The molecule has 0 aromatic carbocycles. The van der Waals surface area contributed by atoms with Gasteiger partial charge in [0.2, 0.25) is 0 Å². The maximum atomic E-state index is 11.8. The summed E-state index contributed by atoms with van der Waals surface area (Å²) in [4.78, 5) is 13.8. The minimum atomic E-state index is -0.0848. The first-order chi connectivity index (χ1) is 7.62. The summed E-state index contributed by atoms with van der Waals surface area (Å²) in [7, 11) is 3.94. The smallest absolute Gasteiger partial charge is 0.306 e. The lowest BCUT2D eigenvalue weighted by molar-refractivity contribution is -0.148. The van der Waals surface area contributed by atoms with Gasteiger partial charge in [-0.15, -0.1) is 0 Å². The molecule has 0 atom stereocenters. The molecule has 0 N–H and O–H groups in total. The van der Waals surface area contributed by atoms with Gasteiger partial charge in [-0.25, -0.2) is 0 Å². The normalized spacial score (nSPS) is 12.9. The Balaban J connectivity index is 4.19. The highest BCUT2D eigenvalue weighted by Gasteiger charge is 2.37. The van der Waals surface area contributed by atoms with E-state index in [1.807, 2.05) is 19.0 Å². The predicted octanol–water partition coefficient (Wildman–Crippen LogP) is 2.94. The summed E-state index contributed by atoms with van der Waals surface area (Å²) >= 11 is 0. The maximum absolute atomic E-state index is 11.8. The Morgan fingerprint density at radius 2 is 1.65 bits per heavy atom. The summed E-state index contributed by atoms with van der Waals surface area (Å²) < 4.78 is 5.25. The fourth-order valence-corrected chi connectivity index (χ4v) is 1.47. The van der Waals surface area contributed by atoms with Crippen LogP contribution in [0.4, 0.5) is 0 Å². The van der Waals surface area contributed by atoms with E-state index in [0.717, 1.165) is 13.0 Å². The second kappa shape index (κ2) is 6.39. The number of hydrogen-bond donors (Lipinski definition) is 0. The molecule has 0 unspecified atom stereocenters. The molecule has 17 heavy (non-hydrogen) atoms. The Morgan fingerprint density at radius 3 is 2.06 bits per heavy atom. The molecule has 0 rings (SSSR count). The minimum Gasteiger partial charge on any atom is -0.464 e. The first kappa shape index (κ1) is 16.4. The number of carbonyl (C=O) groups excluding carboxylic acids is 1.